The molecule has 2 aromatic heterocycles. The summed E-state index contributed by atoms with van der Waals surface area (Å²) in [6, 6.07) is 12.0. The Bertz CT molecular complexity index is 943. The average Bonchev–Trinajstić information content (AvgIpc) is 3.21. The topological polar surface area (TPSA) is 73.1 Å². The number of hydrogen-bond donors (Lipinski definition) is 0. The second kappa shape index (κ2) is 6.64. The highest BCUT2D eigenvalue weighted by Gasteiger charge is 2.44. The van der Waals surface area contributed by atoms with Crippen LogP contribution in [0.3, 0.4) is 0 Å². The molecule has 3 aromatic rings. The zero-order valence-electron chi connectivity index (χ0n) is 14.9. The molecule has 0 N–H and O–H groups in total. The summed E-state index contributed by atoms with van der Waals surface area (Å²) >= 11 is 0. The number of benzene rings is 1. The number of rotatable bonds is 4. The van der Waals surface area contributed by atoms with Crippen molar-refractivity contribution in [3.05, 3.63) is 48.8 Å². The number of hydrogen-bond acceptors (Lipinski definition) is 5. The first kappa shape index (κ1) is 16.2. The Morgan fingerprint density at radius 1 is 1.07 bits per heavy atom. The number of pyridine rings is 1. The van der Waals surface area contributed by atoms with Crippen LogP contribution in [0.25, 0.3) is 11.0 Å². The number of aromatic nitrogens is 4. The molecule has 7 heteroatoms. The van der Waals surface area contributed by atoms with E-state index in [2.05, 4.69) is 20.2 Å². The van der Waals surface area contributed by atoms with E-state index >= 15 is 0 Å². The van der Waals surface area contributed by atoms with Crippen molar-refractivity contribution >= 4 is 16.9 Å². The molecule has 0 spiro atoms. The van der Waals surface area contributed by atoms with Gasteiger partial charge in [-0.05, 0) is 37.1 Å². The van der Waals surface area contributed by atoms with Gasteiger partial charge in [0.05, 0.1) is 5.52 Å². The van der Waals surface area contributed by atoms with E-state index in [-0.39, 0.29) is 30.6 Å². The van der Waals surface area contributed by atoms with Crippen LogP contribution < -0.4 is 4.74 Å². The van der Waals surface area contributed by atoms with Gasteiger partial charge in [0.2, 0.25) is 5.91 Å². The number of ether oxygens (including phenoxy) is 1. The minimum atomic E-state index is 0.125. The predicted octanol–water partition coefficient (Wildman–Crippen LogP) is 2.43. The molecule has 7 nitrogen and oxygen atoms in total. The summed E-state index contributed by atoms with van der Waals surface area (Å²) < 4.78 is 7.83. The van der Waals surface area contributed by atoms with Gasteiger partial charge < -0.3 is 9.64 Å². The van der Waals surface area contributed by atoms with Gasteiger partial charge in [0.1, 0.15) is 23.9 Å². The molecule has 5 rings (SSSR count). The van der Waals surface area contributed by atoms with Crippen LogP contribution in [0.2, 0.25) is 0 Å². The zero-order chi connectivity index (χ0) is 18.2. The highest BCUT2D eigenvalue weighted by atomic mass is 16.5. The van der Waals surface area contributed by atoms with Gasteiger partial charge in [0, 0.05) is 37.3 Å². The van der Waals surface area contributed by atoms with E-state index in [9.17, 15) is 4.79 Å². The van der Waals surface area contributed by atoms with Gasteiger partial charge in [-0.25, -0.2) is 4.68 Å². The van der Waals surface area contributed by atoms with E-state index in [1.54, 1.807) is 17.1 Å². The SMILES string of the molecule is O=C(Cn1nnc2ccccc21)N1C2CCC1CC(Oc1ccncc1)C2. The first-order chi connectivity index (χ1) is 13.3. The van der Waals surface area contributed by atoms with E-state index < -0.39 is 0 Å². The second-order valence-electron chi connectivity index (χ2n) is 7.32. The molecule has 2 bridgehead atoms. The van der Waals surface area contributed by atoms with Crippen molar-refractivity contribution < 1.29 is 9.53 Å². The van der Waals surface area contributed by atoms with E-state index in [0.29, 0.717) is 0 Å². The number of piperidine rings is 1. The molecule has 2 unspecified atom stereocenters. The van der Waals surface area contributed by atoms with E-state index in [1.807, 2.05) is 36.4 Å². The highest BCUT2D eigenvalue weighted by Crippen LogP contribution is 2.37. The maximum absolute atomic E-state index is 13.0. The van der Waals surface area contributed by atoms with Crippen LogP contribution in [-0.2, 0) is 11.3 Å². The van der Waals surface area contributed by atoms with E-state index in [4.69, 9.17) is 4.74 Å². The minimum absolute atomic E-state index is 0.125. The van der Waals surface area contributed by atoms with Crippen molar-refractivity contribution in [3.8, 4) is 5.75 Å². The van der Waals surface area contributed by atoms with E-state index in [1.165, 1.54) is 0 Å². The Morgan fingerprint density at radius 3 is 2.59 bits per heavy atom. The fourth-order valence-corrected chi connectivity index (χ4v) is 4.48. The van der Waals surface area contributed by atoms with Crippen LogP contribution in [0, 0.1) is 0 Å². The molecule has 0 radical (unpaired) electrons. The van der Waals surface area contributed by atoms with Crippen LogP contribution in [0.4, 0.5) is 0 Å². The standard InChI is InChI=1S/C20H21N5O2/c26-20(13-24-19-4-2-1-3-18(19)22-23-24)25-14-5-6-15(25)12-17(11-14)27-16-7-9-21-10-8-16/h1-4,7-10,14-15,17H,5-6,11-13H2. The number of carbonyl (C=O) groups excluding carboxylic acids is 1. The van der Waals surface area contributed by atoms with Gasteiger partial charge in [-0.3, -0.25) is 9.78 Å². The first-order valence-corrected chi connectivity index (χ1v) is 9.44. The lowest BCUT2D eigenvalue weighted by Gasteiger charge is -2.39. The third-order valence-electron chi connectivity index (χ3n) is 5.64. The maximum Gasteiger partial charge on any atom is 0.244 e. The third-order valence-corrected chi connectivity index (χ3v) is 5.64. The van der Waals surface area contributed by atoms with Gasteiger partial charge >= 0.3 is 0 Å². The second-order valence-corrected chi connectivity index (χ2v) is 7.32. The van der Waals surface area contributed by atoms with Crippen LogP contribution in [0.5, 0.6) is 5.75 Å². The van der Waals surface area contributed by atoms with Crippen molar-refractivity contribution in [2.75, 3.05) is 0 Å². The number of carbonyl (C=O) groups is 1. The summed E-state index contributed by atoms with van der Waals surface area (Å²) in [6.45, 7) is 0.239. The van der Waals surface area contributed by atoms with Crippen LogP contribution in [0.1, 0.15) is 25.7 Å². The van der Waals surface area contributed by atoms with Gasteiger partial charge in [0.25, 0.3) is 0 Å². The lowest BCUT2D eigenvalue weighted by Crippen LogP contribution is -2.50. The summed E-state index contributed by atoms with van der Waals surface area (Å²) in [6.07, 6.45) is 7.48. The van der Waals surface area contributed by atoms with Gasteiger partial charge in [0.15, 0.2) is 0 Å². The molecule has 1 aromatic carbocycles. The summed E-state index contributed by atoms with van der Waals surface area (Å²) in [4.78, 5) is 19.1. The van der Waals surface area contributed by atoms with Gasteiger partial charge in [-0.1, -0.05) is 17.3 Å². The molecule has 2 fully saturated rings. The Hall–Kier alpha value is -2.96. The number of para-hydroxylation sites is 1. The highest BCUT2D eigenvalue weighted by molar-refractivity contribution is 5.80. The molecule has 0 aliphatic carbocycles. The van der Waals surface area contributed by atoms with Crippen molar-refractivity contribution in [2.45, 2.75) is 50.4 Å². The van der Waals surface area contributed by atoms with E-state index in [0.717, 1.165) is 42.5 Å². The van der Waals surface area contributed by atoms with Gasteiger partial charge in [-0.2, -0.15) is 0 Å². The molecule has 2 atom stereocenters. The summed E-state index contributed by atoms with van der Waals surface area (Å²) in [5, 5.41) is 8.31. The first-order valence-electron chi connectivity index (χ1n) is 9.44. The van der Waals surface area contributed by atoms with Crippen molar-refractivity contribution in [2.24, 2.45) is 0 Å². The maximum atomic E-state index is 13.0. The lowest BCUT2D eigenvalue weighted by molar-refractivity contribution is -0.137. The van der Waals surface area contributed by atoms with Crippen molar-refractivity contribution in [1.29, 1.82) is 0 Å². The van der Waals surface area contributed by atoms with Crippen LogP contribution in [-0.4, -0.2) is 49.0 Å². The summed E-state index contributed by atoms with van der Waals surface area (Å²) in [7, 11) is 0. The Morgan fingerprint density at radius 2 is 1.81 bits per heavy atom. The fraction of sp³-hybridized carbons (Fsp3) is 0.400. The Labute approximate surface area is 156 Å². The molecule has 0 saturated carbocycles. The monoisotopic (exact) mass is 363 g/mol. The van der Waals surface area contributed by atoms with Crippen LogP contribution >= 0.6 is 0 Å². The van der Waals surface area contributed by atoms with Crippen LogP contribution in [0.15, 0.2) is 48.8 Å². The molecule has 4 heterocycles. The van der Waals surface area contributed by atoms with Gasteiger partial charge in [-0.15, -0.1) is 5.10 Å². The molecule has 2 aliphatic rings. The average molecular weight is 363 g/mol. The fourth-order valence-electron chi connectivity index (χ4n) is 4.48. The molecule has 2 saturated heterocycles. The zero-order valence-corrected chi connectivity index (χ0v) is 14.9. The Kier molecular flexibility index (Phi) is 3.99. The van der Waals surface area contributed by atoms with Crippen molar-refractivity contribution in [3.63, 3.8) is 0 Å². The number of fused-ring (bicyclic) bond motifs is 3. The minimum Gasteiger partial charge on any atom is -0.490 e. The third kappa shape index (κ3) is 3.03. The number of nitrogens with zero attached hydrogens (tertiary/aromatic N) is 5. The molecule has 27 heavy (non-hydrogen) atoms. The lowest BCUT2D eigenvalue weighted by atomic mass is 9.99. The molecule has 2 aliphatic heterocycles. The smallest absolute Gasteiger partial charge is 0.244 e. The predicted molar refractivity (Wildman–Crippen MR) is 99.1 cm³/mol. The summed E-state index contributed by atoms with van der Waals surface area (Å²) in [5.41, 5.74) is 1.71. The molecular weight excluding hydrogens is 342 g/mol. The molecule has 1 amide bonds. The van der Waals surface area contributed by atoms with Crippen molar-refractivity contribution in [1.82, 2.24) is 24.9 Å². The number of amides is 1. The summed E-state index contributed by atoms with van der Waals surface area (Å²) in [5.74, 6) is 0.976. The molecular formula is C20H21N5O2. The molecule has 138 valence electrons. The quantitative estimate of drug-likeness (QED) is 0.712. The normalized spacial score (nSPS) is 24.3. The Balaban J connectivity index is 1.28. The largest absolute Gasteiger partial charge is 0.490 e.